The molecule has 0 aromatic rings. The van der Waals surface area contributed by atoms with Gasteiger partial charge >= 0.3 is 5.97 Å². The summed E-state index contributed by atoms with van der Waals surface area (Å²) >= 11 is 1.64. The van der Waals surface area contributed by atoms with Gasteiger partial charge in [0.2, 0.25) is 5.91 Å². The van der Waals surface area contributed by atoms with Crippen LogP contribution < -0.4 is 5.32 Å². The molecule has 2 N–H and O–H groups in total. The van der Waals surface area contributed by atoms with Gasteiger partial charge in [-0.25, -0.2) is 0 Å². The van der Waals surface area contributed by atoms with Gasteiger partial charge in [-0.15, -0.1) is 0 Å². The number of nitrogens with one attached hydrogen (secondary N) is 1. The summed E-state index contributed by atoms with van der Waals surface area (Å²) < 4.78 is 0. The standard InChI is InChI=1S/C11H18N2O3S/c1-7(10(14)12-8-2-3-8)13-4-5-17-6-9(13)11(15)16/h7-9H,2-6H2,1H3,(H,12,14)(H,15,16). The maximum atomic E-state index is 11.9. The van der Waals surface area contributed by atoms with Crippen LogP contribution in [-0.4, -0.2) is 58.1 Å². The maximum Gasteiger partial charge on any atom is 0.321 e. The minimum Gasteiger partial charge on any atom is -0.480 e. The smallest absolute Gasteiger partial charge is 0.321 e. The molecule has 1 aliphatic heterocycles. The summed E-state index contributed by atoms with van der Waals surface area (Å²) in [5.41, 5.74) is 0. The number of rotatable bonds is 4. The lowest BCUT2D eigenvalue weighted by Crippen LogP contribution is -2.56. The Morgan fingerprint density at radius 2 is 2.18 bits per heavy atom. The molecule has 1 amide bonds. The van der Waals surface area contributed by atoms with Crippen LogP contribution in [0.2, 0.25) is 0 Å². The third kappa shape index (κ3) is 3.13. The molecule has 0 radical (unpaired) electrons. The number of carboxylic acids is 1. The van der Waals surface area contributed by atoms with Crippen LogP contribution in [0.25, 0.3) is 0 Å². The summed E-state index contributed by atoms with van der Waals surface area (Å²) in [6, 6.07) is -0.557. The summed E-state index contributed by atoms with van der Waals surface area (Å²) in [6.07, 6.45) is 2.10. The van der Waals surface area contributed by atoms with Crippen molar-refractivity contribution in [2.45, 2.75) is 37.9 Å². The molecule has 17 heavy (non-hydrogen) atoms. The summed E-state index contributed by atoms with van der Waals surface area (Å²) in [5.74, 6) is 0.593. The van der Waals surface area contributed by atoms with Gasteiger partial charge in [-0.05, 0) is 19.8 Å². The van der Waals surface area contributed by atoms with E-state index in [2.05, 4.69) is 5.32 Å². The summed E-state index contributed by atoms with van der Waals surface area (Å²) in [6.45, 7) is 2.46. The normalized spacial score (nSPS) is 27.5. The second-order valence-corrected chi connectivity index (χ2v) is 5.78. The average molecular weight is 258 g/mol. The van der Waals surface area contributed by atoms with Crippen molar-refractivity contribution in [3.8, 4) is 0 Å². The molecule has 1 saturated heterocycles. The van der Waals surface area contributed by atoms with Crippen LogP contribution in [0, 0.1) is 0 Å². The Bertz CT molecular complexity index is 320. The van der Waals surface area contributed by atoms with Crippen molar-refractivity contribution < 1.29 is 14.7 Å². The van der Waals surface area contributed by atoms with Crippen molar-refractivity contribution in [1.29, 1.82) is 0 Å². The summed E-state index contributed by atoms with van der Waals surface area (Å²) in [4.78, 5) is 24.9. The Morgan fingerprint density at radius 3 is 2.76 bits per heavy atom. The van der Waals surface area contributed by atoms with E-state index in [1.54, 1.807) is 23.6 Å². The third-order valence-electron chi connectivity index (χ3n) is 3.26. The first-order valence-electron chi connectivity index (χ1n) is 5.96. The average Bonchev–Trinajstić information content (AvgIpc) is 3.11. The highest BCUT2D eigenvalue weighted by Gasteiger charge is 2.36. The van der Waals surface area contributed by atoms with E-state index in [4.69, 9.17) is 5.11 Å². The van der Waals surface area contributed by atoms with Crippen LogP contribution in [0.1, 0.15) is 19.8 Å². The molecular formula is C11H18N2O3S. The minimum atomic E-state index is -0.830. The zero-order valence-electron chi connectivity index (χ0n) is 9.89. The Morgan fingerprint density at radius 1 is 1.47 bits per heavy atom. The van der Waals surface area contributed by atoms with Gasteiger partial charge in [0.05, 0.1) is 6.04 Å². The second kappa shape index (κ2) is 5.27. The highest BCUT2D eigenvalue weighted by molar-refractivity contribution is 7.99. The zero-order chi connectivity index (χ0) is 12.4. The fourth-order valence-corrected chi connectivity index (χ4v) is 3.06. The van der Waals surface area contributed by atoms with Crippen molar-refractivity contribution in [2.75, 3.05) is 18.1 Å². The first kappa shape index (κ1) is 12.7. The Kier molecular flexibility index (Phi) is 3.93. The third-order valence-corrected chi connectivity index (χ3v) is 4.28. The molecular weight excluding hydrogens is 240 g/mol. The van der Waals surface area contributed by atoms with Crippen molar-refractivity contribution in [1.82, 2.24) is 10.2 Å². The molecule has 1 heterocycles. The van der Waals surface area contributed by atoms with E-state index in [9.17, 15) is 9.59 Å². The second-order valence-electron chi connectivity index (χ2n) is 4.63. The van der Waals surface area contributed by atoms with Gasteiger partial charge in [0, 0.05) is 24.1 Å². The molecule has 96 valence electrons. The van der Waals surface area contributed by atoms with Crippen molar-refractivity contribution >= 4 is 23.6 Å². The van der Waals surface area contributed by atoms with Gasteiger partial charge in [-0.3, -0.25) is 14.5 Å². The van der Waals surface area contributed by atoms with Crippen LogP contribution in [-0.2, 0) is 9.59 Å². The molecule has 1 saturated carbocycles. The number of carbonyl (C=O) groups excluding carboxylic acids is 1. The van der Waals surface area contributed by atoms with Gasteiger partial charge in [0.15, 0.2) is 0 Å². The Labute approximate surface area is 105 Å². The SMILES string of the molecule is CC(C(=O)NC1CC1)N1CCSCC1C(=O)O. The van der Waals surface area contributed by atoms with E-state index >= 15 is 0 Å². The van der Waals surface area contributed by atoms with Crippen LogP contribution in [0.15, 0.2) is 0 Å². The number of amides is 1. The fraction of sp³-hybridized carbons (Fsp3) is 0.818. The lowest BCUT2D eigenvalue weighted by atomic mass is 10.2. The van der Waals surface area contributed by atoms with Crippen molar-refractivity contribution in [2.24, 2.45) is 0 Å². The zero-order valence-corrected chi connectivity index (χ0v) is 10.7. The lowest BCUT2D eigenvalue weighted by Gasteiger charge is -2.36. The Hall–Kier alpha value is -0.750. The van der Waals surface area contributed by atoms with Crippen molar-refractivity contribution in [3.05, 3.63) is 0 Å². The van der Waals surface area contributed by atoms with Gasteiger partial charge in [-0.1, -0.05) is 0 Å². The lowest BCUT2D eigenvalue weighted by molar-refractivity contribution is -0.144. The predicted molar refractivity (Wildman–Crippen MR) is 66.1 cm³/mol. The molecule has 2 rings (SSSR count). The number of thioether (sulfide) groups is 1. The maximum absolute atomic E-state index is 11.9. The molecule has 2 aliphatic rings. The number of nitrogens with zero attached hydrogens (tertiary/aromatic N) is 1. The van der Waals surface area contributed by atoms with Gasteiger partial charge in [0.1, 0.15) is 6.04 Å². The molecule has 0 spiro atoms. The predicted octanol–water partition coefficient (Wildman–Crippen LogP) is 0.155. The number of hydrogen-bond acceptors (Lipinski definition) is 4. The van der Waals surface area contributed by atoms with Crippen LogP contribution in [0.3, 0.4) is 0 Å². The van der Waals surface area contributed by atoms with Gasteiger partial charge < -0.3 is 10.4 Å². The highest BCUT2D eigenvalue weighted by Crippen LogP contribution is 2.22. The molecule has 2 fully saturated rings. The molecule has 2 unspecified atom stereocenters. The molecule has 2 atom stereocenters. The van der Waals surface area contributed by atoms with E-state index in [0.29, 0.717) is 18.3 Å². The van der Waals surface area contributed by atoms with E-state index < -0.39 is 12.0 Å². The van der Waals surface area contributed by atoms with Crippen LogP contribution in [0.4, 0.5) is 0 Å². The summed E-state index contributed by atoms with van der Waals surface area (Å²) in [5, 5.41) is 12.1. The molecule has 5 nitrogen and oxygen atoms in total. The Balaban J connectivity index is 1.96. The first-order chi connectivity index (χ1) is 8.09. The van der Waals surface area contributed by atoms with E-state index in [0.717, 1.165) is 18.6 Å². The number of hydrogen-bond donors (Lipinski definition) is 2. The largest absolute Gasteiger partial charge is 0.480 e. The number of carbonyl (C=O) groups is 2. The quantitative estimate of drug-likeness (QED) is 0.751. The van der Waals surface area contributed by atoms with E-state index in [1.165, 1.54) is 0 Å². The first-order valence-corrected chi connectivity index (χ1v) is 7.11. The van der Waals surface area contributed by atoms with Gasteiger partial charge in [0.25, 0.3) is 0 Å². The molecule has 6 heteroatoms. The fourth-order valence-electron chi connectivity index (χ4n) is 1.99. The highest BCUT2D eigenvalue weighted by atomic mass is 32.2. The molecule has 0 aromatic carbocycles. The summed E-state index contributed by atoms with van der Waals surface area (Å²) in [7, 11) is 0. The molecule has 0 bridgehead atoms. The number of aliphatic carboxylic acids is 1. The molecule has 1 aliphatic carbocycles. The van der Waals surface area contributed by atoms with Crippen LogP contribution >= 0.6 is 11.8 Å². The van der Waals surface area contributed by atoms with E-state index in [-0.39, 0.29) is 11.9 Å². The minimum absolute atomic E-state index is 0.0364. The van der Waals surface area contributed by atoms with Crippen LogP contribution in [0.5, 0.6) is 0 Å². The molecule has 0 aromatic heterocycles. The van der Waals surface area contributed by atoms with Crippen molar-refractivity contribution in [3.63, 3.8) is 0 Å². The van der Waals surface area contributed by atoms with Gasteiger partial charge in [-0.2, -0.15) is 11.8 Å². The topological polar surface area (TPSA) is 69.6 Å². The monoisotopic (exact) mass is 258 g/mol. The van der Waals surface area contributed by atoms with E-state index in [1.807, 2.05) is 0 Å². The number of carboxylic acid groups (broad SMARTS) is 1.